The normalized spacial score (nSPS) is 13.4. The van der Waals surface area contributed by atoms with Crippen LogP contribution < -0.4 is 10.5 Å². The fourth-order valence-corrected chi connectivity index (χ4v) is 3.82. The molecule has 0 unspecified atom stereocenters. The summed E-state index contributed by atoms with van der Waals surface area (Å²) in [5.41, 5.74) is 4.10. The number of likely N-dealkylation sites (N-methyl/N-ethyl adjacent to an activating group) is 1. The van der Waals surface area contributed by atoms with Crippen LogP contribution in [-0.2, 0) is 6.54 Å². The molecule has 1 aliphatic heterocycles. The first-order chi connectivity index (χ1) is 14.5. The van der Waals surface area contributed by atoms with Gasteiger partial charge in [0.05, 0.1) is 5.52 Å². The van der Waals surface area contributed by atoms with Crippen LogP contribution in [0.2, 0.25) is 0 Å². The topological polar surface area (TPSA) is 45.6 Å². The predicted molar refractivity (Wildman–Crippen MR) is 123 cm³/mol. The van der Waals surface area contributed by atoms with Crippen molar-refractivity contribution >= 4 is 28.1 Å². The highest BCUT2D eigenvalue weighted by molar-refractivity contribution is 6.08. The van der Waals surface area contributed by atoms with Crippen LogP contribution in [-0.4, -0.2) is 36.0 Å². The van der Waals surface area contributed by atoms with Gasteiger partial charge in [-0.3, -0.25) is 9.59 Å². The number of hydrogen-bond donors (Lipinski definition) is 0. The average Bonchev–Trinajstić information content (AvgIpc) is 2.78. The standard InChI is InChI=1S/C25H25N3O2/c1-4-28-23-11-10-19(25(30)27(3)20-8-6-5-7-9-20)16-22(23)21(17-24(28)29)18-12-14-26(2)15-13-18/h5-14,16-17H,4,15H2,1-3H3. The SMILES string of the molecule is CCn1c(=O)cc(C2=CCN(C)C=C2)c2cc(C(=O)N(C)c3ccccc3)ccc21. The summed E-state index contributed by atoms with van der Waals surface area (Å²) in [5.74, 6) is -0.0869. The van der Waals surface area contributed by atoms with Crippen molar-refractivity contribution < 1.29 is 4.79 Å². The molecule has 0 N–H and O–H groups in total. The Morgan fingerprint density at radius 3 is 2.53 bits per heavy atom. The highest BCUT2D eigenvalue weighted by atomic mass is 16.2. The lowest BCUT2D eigenvalue weighted by molar-refractivity contribution is 0.0993. The molecular weight excluding hydrogens is 374 g/mol. The van der Waals surface area contributed by atoms with E-state index < -0.39 is 0 Å². The van der Waals surface area contributed by atoms with Crippen molar-refractivity contribution in [1.82, 2.24) is 9.47 Å². The maximum absolute atomic E-state index is 13.2. The van der Waals surface area contributed by atoms with Crippen LogP contribution in [0.5, 0.6) is 0 Å². The number of pyridine rings is 1. The summed E-state index contributed by atoms with van der Waals surface area (Å²) in [6.07, 6.45) is 6.12. The summed E-state index contributed by atoms with van der Waals surface area (Å²) in [6.45, 7) is 3.31. The summed E-state index contributed by atoms with van der Waals surface area (Å²) < 4.78 is 1.74. The van der Waals surface area contributed by atoms with Gasteiger partial charge < -0.3 is 14.4 Å². The molecule has 5 nitrogen and oxygen atoms in total. The summed E-state index contributed by atoms with van der Waals surface area (Å²) >= 11 is 0. The minimum absolute atomic E-state index is 0.0336. The van der Waals surface area contributed by atoms with Gasteiger partial charge in [0.15, 0.2) is 0 Å². The van der Waals surface area contributed by atoms with Gasteiger partial charge in [0.2, 0.25) is 0 Å². The number of rotatable bonds is 4. The third-order valence-corrected chi connectivity index (χ3v) is 5.54. The van der Waals surface area contributed by atoms with Crippen LogP contribution >= 0.6 is 0 Å². The van der Waals surface area contributed by atoms with Crippen molar-refractivity contribution in [2.75, 3.05) is 25.5 Å². The number of aromatic nitrogens is 1. The predicted octanol–water partition coefficient (Wildman–Crippen LogP) is 4.14. The number of hydrogen-bond acceptors (Lipinski definition) is 3. The molecule has 2 heterocycles. The van der Waals surface area contributed by atoms with Gasteiger partial charge in [-0.15, -0.1) is 0 Å². The van der Waals surface area contributed by atoms with Crippen LogP contribution in [0.4, 0.5) is 5.69 Å². The van der Waals surface area contributed by atoms with Crippen LogP contribution in [0.25, 0.3) is 16.5 Å². The van der Waals surface area contributed by atoms with Crippen molar-refractivity contribution in [1.29, 1.82) is 0 Å². The molecule has 0 atom stereocenters. The van der Waals surface area contributed by atoms with E-state index in [1.165, 1.54) is 0 Å². The van der Waals surface area contributed by atoms with Gasteiger partial charge in [-0.1, -0.05) is 24.3 Å². The first-order valence-corrected chi connectivity index (χ1v) is 10.1. The van der Waals surface area contributed by atoms with Crippen LogP contribution in [0, 0.1) is 0 Å². The van der Waals surface area contributed by atoms with E-state index >= 15 is 0 Å². The second kappa shape index (κ2) is 8.03. The van der Waals surface area contributed by atoms with Crippen molar-refractivity contribution in [2.45, 2.75) is 13.5 Å². The number of amides is 1. The van der Waals surface area contributed by atoms with E-state index in [0.29, 0.717) is 12.1 Å². The maximum atomic E-state index is 13.2. The second-order valence-corrected chi connectivity index (χ2v) is 7.49. The lowest BCUT2D eigenvalue weighted by Gasteiger charge is -2.20. The monoisotopic (exact) mass is 399 g/mol. The molecule has 0 spiro atoms. The van der Waals surface area contributed by atoms with E-state index in [2.05, 4.69) is 11.0 Å². The number of aryl methyl sites for hydroxylation is 1. The highest BCUT2D eigenvalue weighted by Crippen LogP contribution is 2.28. The Morgan fingerprint density at radius 1 is 1.10 bits per heavy atom. The quantitative estimate of drug-likeness (QED) is 0.662. The lowest BCUT2D eigenvalue weighted by Crippen LogP contribution is -2.26. The van der Waals surface area contributed by atoms with Gasteiger partial charge in [-0.05, 0) is 60.7 Å². The van der Waals surface area contributed by atoms with Crippen LogP contribution in [0.3, 0.4) is 0 Å². The minimum atomic E-state index is -0.0869. The molecule has 4 rings (SSSR count). The Morgan fingerprint density at radius 2 is 1.87 bits per heavy atom. The Labute approximate surface area is 176 Å². The molecule has 0 aliphatic carbocycles. The Hall–Kier alpha value is -3.60. The number of para-hydroxylation sites is 1. The maximum Gasteiger partial charge on any atom is 0.258 e. The van der Waals surface area contributed by atoms with Gasteiger partial charge >= 0.3 is 0 Å². The molecule has 0 bridgehead atoms. The zero-order valence-electron chi connectivity index (χ0n) is 17.5. The van der Waals surface area contributed by atoms with Crippen molar-refractivity contribution in [2.24, 2.45) is 0 Å². The van der Waals surface area contributed by atoms with Gasteiger partial charge in [0, 0.05) is 49.9 Å². The summed E-state index contributed by atoms with van der Waals surface area (Å²) in [4.78, 5) is 29.6. The molecule has 0 saturated carbocycles. The number of nitrogens with zero attached hydrogens (tertiary/aromatic N) is 3. The summed E-state index contributed by atoms with van der Waals surface area (Å²) in [6, 6.07) is 16.9. The molecule has 2 aromatic carbocycles. The van der Waals surface area contributed by atoms with Gasteiger partial charge in [0.25, 0.3) is 11.5 Å². The molecule has 5 heteroatoms. The number of carbonyl (C=O) groups is 1. The van der Waals surface area contributed by atoms with Crippen LogP contribution in [0.15, 0.2) is 77.7 Å². The van der Waals surface area contributed by atoms with Gasteiger partial charge in [-0.2, -0.15) is 0 Å². The molecule has 3 aromatic rings. The van der Waals surface area contributed by atoms with Gasteiger partial charge in [-0.25, -0.2) is 0 Å². The Kier molecular flexibility index (Phi) is 5.27. The van der Waals surface area contributed by atoms with E-state index in [9.17, 15) is 9.59 Å². The molecule has 30 heavy (non-hydrogen) atoms. The lowest BCUT2D eigenvalue weighted by atomic mass is 9.97. The van der Waals surface area contributed by atoms with E-state index in [-0.39, 0.29) is 11.5 Å². The third kappa shape index (κ3) is 3.54. The Bertz CT molecular complexity index is 1220. The molecule has 1 amide bonds. The highest BCUT2D eigenvalue weighted by Gasteiger charge is 2.17. The van der Waals surface area contributed by atoms with Gasteiger partial charge in [0.1, 0.15) is 0 Å². The summed E-state index contributed by atoms with van der Waals surface area (Å²) in [5, 5.41) is 0.907. The van der Waals surface area contributed by atoms with E-state index in [1.807, 2.05) is 68.7 Å². The van der Waals surface area contributed by atoms with E-state index in [4.69, 9.17) is 0 Å². The summed E-state index contributed by atoms with van der Waals surface area (Å²) in [7, 11) is 3.78. The van der Waals surface area contributed by atoms with Crippen molar-refractivity contribution in [3.63, 3.8) is 0 Å². The van der Waals surface area contributed by atoms with Crippen LogP contribution in [0.1, 0.15) is 22.8 Å². The van der Waals surface area contributed by atoms with E-state index in [1.54, 1.807) is 28.6 Å². The smallest absolute Gasteiger partial charge is 0.258 e. The zero-order chi connectivity index (χ0) is 21.3. The second-order valence-electron chi connectivity index (χ2n) is 7.49. The number of fused-ring (bicyclic) bond motifs is 1. The molecule has 152 valence electrons. The number of anilines is 1. The van der Waals surface area contributed by atoms with Crippen molar-refractivity contribution in [3.8, 4) is 0 Å². The largest absolute Gasteiger partial charge is 0.377 e. The first-order valence-electron chi connectivity index (χ1n) is 10.1. The first kappa shape index (κ1) is 19.7. The molecule has 0 radical (unpaired) electrons. The number of carbonyl (C=O) groups excluding carboxylic acids is 1. The molecular formula is C25H25N3O2. The fourth-order valence-electron chi connectivity index (χ4n) is 3.82. The molecule has 1 aliphatic rings. The minimum Gasteiger partial charge on any atom is -0.377 e. The zero-order valence-corrected chi connectivity index (χ0v) is 17.5. The Balaban J connectivity index is 1.86. The molecule has 1 aromatic heterocycles. The fraction of sp³-hybridized carbons (Fsp3) is 0.200. The molecule has 0 fully saturated rings. The average molecular weight is 399 g/mol. The van der Waals surface area contributed by atoms with E-state index in [0.717, 1.165) is 34.3 Å². The number of allylic oxidation sites excluding steroid dienone is 2. The molecule has 0 saturated heterocycles. The van der Waals surface area contributed by atoms with Crippen molar-refractivity contribution in [3.05, 3.63) is 94.4 Å². The number of benzene rings is 2. The third-order valence-electron chi connectivity index (χ3n) is 5.54.